The Morgan fingerprint density at radius 2 is 2.10 bits per heavy atom. The van der Waals surface area contributed by atoms with Crippen LogP contribution in [0.25, 0.3) is 27.6 Å². The van der Waals surface area contributed by atoms with E-state index in [1.54, 1.807) is 0 Å². The Labute approximate surface area is 116 Å². The predicted octanol–water partition coefficient (Wildman–Crippen LogP) is 1.70. The summed E-state index contributed by atoms with van der Waals surface area (Å²) < 4.78 is 1.27. The van der Waals surface area contributed by atoms with Crippen molar-refractivity contribution in [2.75, 3.05) is 5.73 Å². The van der Waals surface area contributed by atoms with Gasteiger partial charge in [0.2, 0.25) is 5.69 Å². The van der Waals surface area contributed by atoms with Gasteiger partial charge in [0.15, 0.2) is 11.5 Å². The topological polar surface area (TPSA) is 118 Å². The lowest BCUT2D eigenvalue weighted by molar-refractivity contribution is 0.952. The summed E-state index contributed by atoms with van der Waals surface area (Å²) in [6.45, 7) is 0. The van der Waals surface area contributed by atoms with Gasteiger partial charge in [0.1, 0.15) is 5.65 Å². The van der Waals surface area contributed by atoms with Crippen LogP contribution in [0.2, 0.25) is 0 Å². The van der Waals surface area contributed by atoms with Crippen molar-refractivity contribution in [1.82, 2.24) is 19.6 Å². The highest BCUT2D eigenvalue weighted by Crippen LogP contribution is 2.25. The summed E-state index contributed by atoms with van der Waals surface area (Å²) in [5, 5.41) is 8.43. The van der Waals surface area contributed by atoms with Crippen molar-refractivity contribution in [3.8, 4) is 0 Å². The van der Waals surface area contributed by atoms with E-state index in [2.05, 4.69) is 20.2 Å². The summed E-state index contributed by atoms with van der Waals surface area (Å²) >= 11 is 0. The minimum Gasteiger partial charge on any atom is -0.381 e. The number of benzene rings is 1. The molecule has 0 saturated heterocycles. The number of nitroso groups, excluding NO2 is 1. The van der Waals surface area contributed by atoms with Crippen LogP contribution in [0, 0.1) is 4.91 Å². The number of nitrogens with zero attached hydrogens (tertiary/aromatic N) is 4. The average Bonchev–Trinajstić information content (AvgIpc) is 2.83. The first-order valence-corrected chi connectivity index (χ1v) is 6.12. The highest BCUT2D eigenvalue weighted by molar-refractivity contribution is 5.98. The molecule has 0 spiro atoms. The first-order valence-electron chi connectivity index (χ1n) is 6.12. The molecule has 0 atom stereocenters. The zero-order valence-electron chi connectivity index (χ0n) is 10.6. The number of anilines is 1. The van der Waals surface area contributed by atoms with Gasteiger partial charge in [-0.25, -0.2) is 4.98 Å². The van der Waals surface area contributed by atoms with Crippen molar-refractivity contribution in [1.29, 1.82) is 0 Å². The highest BCUT2D eigenvalue weighted by atomic mass is 16.3. The van der Waals surface area contributed by atoms with Crippen molar-refractivity contribution in [2.24, 2.45) is 5.18 Å². The van der Waals surface area contributed by atoms with E-state index >= 15 is 0 Å². The Bertz CT molecular complexity index is 1090. The van der Waals surface area contributed by atoms with Crippen LogP contribution in [0.5, 0.6) is 0 Å². The van der Waals surface area contributed by atoms with Gasteiger partial charge in [-0.2, -0.15) is 4.52 Å². The van der Waals surface area contributed by atoms with Gasteiger partial charge < -0.3 is 10.7 Å². The molecule has 102 valence electrons. The van der Waals surface area contributed by atoms with Crippen molar-refractivity contribution >= 4 is 39.1 Å². The molecule has 0 aliphatic carbocycles. The molecular weight excluding hydrogens is 272 g/mol. The number of aromatic amines is 1. The summed E-state index contributed by atoms with van der Waals surface area (Å²) in [4.78, 5) is 29.5. The van der Waals surface area contributed by atoms with Gasteiger partial charge in [0, 0.05) is 5.39 Å². The summed E-state index contributed by atoms with van der Waals surface area (Å²) in [5.41, 5.74) is 6.34. The van der Waals surface area contributed by atoms with Crippen molar-refractivity contribution < 1.29 is 0 Å². The number of fused-ring (bicyclic) bond motifs is 4. The van der Waals surface area contributed by atoms with E-state index in [9.17, 15) is 9.70 Å². The smallest absolute Gasteiger partial charge is 0.282 e. The van der Waals surface area contributed by atoms with Crippen LogP contribution in [0.15, 0.2) is 40.3 Å². The second kappa shape index (κ2) is 3.85. The number of H-pyrrole nitrogens is 1. The summed E-state index contributed by atoms with van der Waals surface area (Å²) in [5.74, 6) is -0.106. The van der Waals surface area contributed by atoms with E-state index in [0.717, 1.165) is 10.9 Å². The molecule has 3 N–H and O–H groups in total. The van der Waals surface area contributed by atoms with Crippen LogP contribution in [0.3, 0.4) is 0 Å². The van der Waals surface area contributed by atoms with Gasteiger partial charge in [-0.05, 0) is 17.3 Å². The van der Waals surface area contributed by atoms with Gasteiger partial charge >= 0.3 is 0 Å². The maximum atomic E-state index is 11.8. The molecule has 8 heteroatoms. The van der Waals surface area contributed by atoms with Crippen LogP contribution >= 0.6 is 0 Å². The van der Waals surface area contributed by atoms with E-state index in [4.69, 9.17) is 5.73 Å². The Morgan fingerprint density at radius 1 is 1.29 bits per heavy atom. The second-order valence-electron chi connectivity index (χ2n) is 4.59. The zero-order valence-corrected chi connectivity index (χ0v) is 10.6. The number of hydrogen-bond acceptors (Lipinski definition) is 6. The molecule has 3 heterocycles. The summed E-state index contributed by atoms with van der Waals surface area (Å²) in [7, 11) is 0. The third-order valence-electron chi connectivity index (χ3n) is 3.37. The van der Waals surface area contributed by atoms with Crippen molar-refractivity contribution in [3.05, 3.63) is 45.6 Å². The lowest BCUT2D eigenvalue weighted by Crippen LogP contribution is -2.12. The van der Waals surface area contributed by atoms with E-state index in [-0.39, 0.29) is 11.5 Å². The predicted molar refractivity (Wildman–Crippen MR) is 78.5 cm³/mol. The van der Waals surface area contributed by atoms with Crippen LogP contribution in [-0.4, -0.2) is 19.6 Å². The minimum atomic E-state index is -0.648. The molecule has 3 aromatic heterocycles. The standard InChI is InChI=1S/C13H8N6O2/c14-10-9(18-21)13(20)16-12-7-5-6-3-1-2-4-8(6)15-11(7)17-19(10)12/h1-5H,14H2,(H,16,20). The number of para-hydroxylation sites is 1. The molecular formula is C13H8N6O2. The largest absolute Gasteiger partial charge is 0.381 e. The van der Waals surface area contributed by atoms with E-state index in [1.165, 1.54) is 4.52 Å². The first-order chi connectivity index (χ1) is 10.2. The summed E-state index contributed by atoms with van der Waals surface area (Å²) in [6, 6.07) is 9.41. The fourth-order valence-electron chi connectivity index (χ4n) is 2.38. The third-order valence-corrected chi connectivity index (χ3v) is 3.37. The Kier molecular flexibility index (Phi) is 2.12. The SMILES string of the molecule is Nc1c(N=O)c(=O)[nH]c2c3cc4ccccc4nc3nn12. The maximum absolute atomic E-state index is 11.8. The Hall–Kier alpha value is -3.29. The van der Waals surface area contributed by atoms with Gasteiger partial charge in [-0.3, -0.25) is 4.79 Å². The Balaban J connectivity index is 2.26. The second-order valence-corrected chi connectivity index (χ2v) is 4.59. The molecule has 1 aromatic carbocycles. The average molecular weight is 280 g/mol. The van der Waals surface area contributed by atoms with E-state index in [0.29, 0.717) is 16.7 Å². The first kappa shape index (κ1) is 11.5. The molecule has 8 nitrogen and oxygen atoms in total. The van der Waals surface area contributed by atoms with Crippen LogP contribution in [0.4, 0.5) is 11.5 Å². The number of nitrogens with two attached hydrogens (primary N) is 1. The van der Waals surface area contributed by atoms with E-state index < -0.39 is 5.56 Å². The quantitative estimate of drug-likeness (QED) is 0.514. The molecule has 0 aliphatic rings. The molecule has 21 heavy (non-hydrogen) atoms. The zero-order chi connectivity index (χ0) is 14.6. The van der Waals surface area contributed by atoms with Gasteiger partial charge in [-0.1, -0.05) is 18.2 Å². The molecule has 0 unspecified atom stereocenters. The number of aromatic nitrogens is 4. The van der Waals surface area contributed by atoms with Crippen LogP contribution in [0.1, 0.15) is 0 Å². The number of nitrogen functional groups attached to an aromatic ring is 1. The lowest BCUT2D eigenvalue weighted by Gasteiger charge is -1.99. The lowest BCUT2D eigenvalue weighted by atomic mass is 10.2. The van der Waals surface area contributed by atoms with Crippen LogP contribution < -0.4 is 11.3 Å². The molecule has 0 amide bonds. The third kappa shape index (κ3) is 1.46. The monoisotopic (exact) mass is 280 g/mol. The van der Waals surface area contributed by atoms with Crippen molar-refractivity contribution in [2.45, 2.75) is 0 Å². The number of hydrogen-bond donors (Lipinski definition) is 2. The molecule has 4 aromatic rings. The van der Waals surface area contributed by atoms with Crippen LogP contribution in [-0.2, 0) is 0 Å². The fraction of sp³-hybridized carbons (Fsp3) is 0. The molecule has 4 rings (SSSR count). The minimum absolute atomic E-state index is 0.106. The molecule has 0 bridgehead atoms. The number of rotatable bonds is 1. The normalized spacial score (nSPS) is 11.4. The molecule has 0 radical (unpaired) electrons. The van der Waals surface area contributed by atoms with E-state index in [1.807, 2.05) is 30.3 Å². The van der Waals surface area contributed by atoms with Crippen molar-refractivity contribution in [3.63, 3.8) is 0 Å². The molecule has 0 fully saturated rings. The number of pyridine rings is 1. The molecule has 0 saturated carbocycles. The Morgan fingerprint density at radius 3 is 2.90 bits per heavy atom. The van der Waals surface area contributed by atoms with Gasteiger partial charge in [0.25, 0.3) is 5.56 Å². The maximum Gasteiger partial charge on any atom is 0.282 e. The number of nitrogens with one attached hydrogen (secondary N) is 1. The van der Waals surface area contributed by atoms with Gasteiger partial charge in [0.05, 0.1) is 10.9 Å². The highest BCUT2D eigenvalue weighted by Gasteiger charge is 2.16. The van der Waals surface area contributed by atoms with Gasteiger partial charge in [-0.15, -0.1) is 10.0 Å². The summed E-state index contributed by atoms with van der Waals surface area (Å²) in [6.07, 6.45) is 0. The molecule has 0 aliphatic heterocycles. The fourth-order valence-corrected chi connectivity index (χ4v) is 2.38.